The third kappa shape index (κ3) is 3.94. The van der Waals surface area contributed by atoms with Crippen molar-refractivity contribution in [3.05, 3.63) is 42.0 Å². The van der Waals surface area contributed by atoms with E-state index in [0.717, 1.165) is 25.2 Å². The van der Waals surface area contributed by atoms with E-state index < -0.39 is 0 Å². The highest BCUT2D eigenvalue weighted by molar-refractivity contribution is 5.84. The van der Waals surface area contributed by atoms with E-state index in [4.69, 9.17) is 9.94 Å². The summed E-state index contributed by atoms with van der Waals surface area (Å²) in [4.78, 5) is 0. The molecule has 0 amide bonds. The van der Waals surface area contributed by atoms with Crippen molar-refractivity contribution >= 4 is 10.8 Å². The van der Waals surface area contributed by atoms with Gasteiger partial charge in [-0.25, -0.2) is 0 Å². The van der Waals surface area contributed by atoms with Gasteiger partial charge < -0.3 is 9.94 Å². The van der Waals surface area contributed by atoms with Crippen LogP contribution in [0.1, 0.15) is 18.9 Å². The van der Waals surface area contributed by atoms with Crippen molar-refractivity contribution in [1.29, 1.82) is 0 Å². The van der Waals surface area contributed by atoms with Gasteiger partial charge in [0.2, 0.25) is 0 Å². The fraction of sp³-hybridized carbons (Fsp3) is 0.375. The summed E-state index contributed by atoms with van der Waals surface area (Å²) < 4.78 is 5.63. The molecular formula is C16H21NO2. The van der Waals surface area contributed by atoms with E-state index in [1.54, 1.807) is 7.05 Å². The highest BCUT2D eigenvalue weighted by Crippen LogP contribution is 2.22. The lowest BCUT2D eigenvalue weighted by atomic mass is 10.0. The van der Waals surface area contributed by atoms with Crippen LogP contribution in [0.15, 0.2) is 36.4 Å². The standard InChI is InChI=1S/C16H21NO2/c1-3-10-19-16-7-6-14-11-13(8-9-17(2)18)4-5-15(14)12-16/h4-7,11-12,18H,3,8-10H2,1-2H3. The molecule has 0 aliphatic carbocycles. The molecule has 0 bridgehead atoms. The van der Waals surface area contributed by atoms with Gasteiger partial charge in [0.05, 0.1) is 6.61 Å². The number of rotatable bonds is 6. The number of fused-ring (bicyclic) bond motifs is 1. The molecule has 0 spiro atoms. The number of nitrogens with zero attached hydrogens (tertiary/aromatic N) is 1. The maximum absolute atomic E-state index is 9.16. The smallest absolute Gasteiger partial charge is 0.119 e. The topological polar surface area (TPSA) is 32.7 Å². The zero-order valence-electron chi connectivity index (χ0n) is 11.6. The van der Waals surface area contributed by atoms with E-state index in [1.165, 1.54) is 21.4 Å². The highest BCUT2D eigenvalue weighted by Gasteiger charge is 2.01. The van der Waals surface area contributed by atoms with Crippen LogP contribution in [-0.2, 0) is 6.42 Å². The fourth-order valence-electron chi connectivity index (χ4n) is 2.03. The van der Waals surface area contributed by atoms with Crippen LogP contribution in [0.3, 0.4) is 0 Å². The predicted molar refractivity (Wildman–Crippen MR) is 77.9 cm³/mol. The molecule has 0 radical (unpaired) electrons. The average Bonchev–Trinajstić information content (AvgIpc) is 2.42. The Hall–Kier alpha value is -1.58. The maximum atomic E-state index is 9.16. The number of ether oxygens (including phenoxy) is 1. The van der Waals surface area contributed by atoms with Crippen molar-refractivity contribution in [3.63, 3.8) is 0 Å². The normalized spacial score (nSPS) is 11.2. The van der Waals surface area contributed by atoms with Crippen LogP contribution < -0.4 is 4.74 Å². The summed E-state index contributed by atoms with van der Waals surface area (Å²) in [6.45, 7) is 3.50. The van der Waals surface area contributed by atoms with Crippen LogP contribution in [-0.4, -0.2) is 30.5 Å². The third-order valence-corrected chi connectivity index (χ3v) is 3.07. The van der Waals surface area contributed by atoms with Gasteiger partial charge in [0.25, 0.3) is 0 Å². The Bertz CT molecular complexity index is 537. The van der Waals surface area contributed by atoms with Crippen LogP contribution in [0.5, 0.6) is 5.75 Å². The lowest BCUT2D eigenvalue weighted by molar-refractivity contribution is -0.0634. The van der Waals surface area contributed by atoms with E-state index >= 15 is 0 Å². The van der Waals surface area contributed by atoms with Crippen LogP contribution in [0.25, 0.3) is 10.8 Å². The molecule has 3 heteroatoms. The Morgan fingerprint density at radius 2 is 1.84 bits per heavy atom. The van der Waals surface area contributed by atoms with E-state index in [9.17, 15) is 0 Å². The van der Waals surface area contributed by atoms with Crippen molar-refractivity contribution in [2.75, 3.05) is 20.2 Å². The summed E-state index contributed by atoms with van der Waals surface area (Å²) in [5.41, 5.74) is 1.23. The molecule has 0 aliphatic heterocycles. The lowest BCUT2D eigenvalue weighted by Gasteiger charge is -2.09. The number of benzene rings is 2. The van der Waals surface area contributed by atoms with Gasteiger partial charge in [-0.1, -0.05) is 31.2 Å². The second kappa shape index (κ2) is 6.55. The third-order valence-electron chi connectivity index (χ3n) is 3.07. The summed E-state index contributed by atoms with van der Waals surface area (Å²) in [7, 11) is 1.67. The largest absolute Gasteiger partial charge is 0.494 e. The molecule has 19 heavy (non-hydrogen) atoms. The Balaban J connectivity index is 2.15. The lowest BCUT2D eigenvalue weighted by Crippen LogP contribution is -2.15. The van der Waals surface area contributed by atoms with Crippen molar-refractivity contribution in [2.45, 2.75) is 19.8 Å². The van der Waals surface area contributed by atoms with Gasteiger partial charge in [-0.05, 0) is 41.3 Å². The first-order valence-corrected chi connectivity index (χ1v) is 6.74. The molecule has 0 aliphatic rings. The molecule has 2 rings (SSSR count). The monoisotopic (exact) mass is 259 g/mol. The molecule has 102 valence electrons. The quantitative estimate of drug-likeness (QED) is 0.806. The van der Waals surface area contributed by atoms with Gasteiger partial charge in [0, 0.05) is 13.6 Å². The molecule has 0 aromatic heterocycles. The van der Waals surface area contributed by atoms with Crippen molar-refractivity contribution in [3.8, 4) is 5.75 Å². The number of hydroxylamine groups is 2. The molecule has 0 heterocycles. The molecule has 3 nitrogen and oxygen atoms in total. The summed E-state index contributed by atoms with van der Waals surface area (Å²) in [6.07, 6.45) is 1.86. The minimum absolute atomic E-state index is 0.642. The molecule has 1 N–H and O–H groups in total. The van der Waals surface area contributed by atoms with Crippen LogP contribution in [0, 0.1) is 0 Å². The van der Waals surface area contributed by atoms with E-state index in [2.05, 4.69) is 37.3 Å². The zero-order valence-corrected chi connectivity index (χ0v) is 11.6. The SMILES string of the molecule is CCCOc1ccc2cc(CCN(C)O)ccc2c1. The molecule has 0 fully saturated rings. The first-order chi connectivity index (χ1) is 9.19. The van der Waals surface area contributed by atoms with Crippen LogP contribution in [0.2, 0.25) is 0 Å². The predicted octanol–water partition coefficient (Wildman–Crippen LogP) is 3.49. The van der Waals surface area contributed by atoms with Crippen LogP contribution in [0.4, 0.5) is 0 Å². The summed E-state index contributed by atoms with van der Waals surface area (Å²) in [6, 6.07) is 12.6. The van der Waals surface area contributed by atoms with Gasteiger partial charge in [0.1, 0.15) is 5.75 Å². The molecule has 2 aromatic rings. The molecule has 0 saturated carbocycles. The minimum atomic E-state index is 0.642. The number of likely N-dealkylation sites (N-methyl/N-ethyl adjacent to an activating group) is 1. The highest BCUT2D eigenvalue weighted by atomic mass is 16.5. The number of hydrogen-bond acceptors (Lipinski definition) is 3. The van der Waals surface area contributed by atoms with E-state index in [1.807, 2.05) is 6.07 Å². The maximum Gasteiger partial charge on any atom is 0.119 e. The first kappa shape index (κ1) is 13.8. The van der Waals surface area contributed by atoms with Crippen LogP contribution >= 0.6 is 0 Å². The van der Waals surface area contributed by atoms with Gasteiger partial charge >= 0.3 is 0 Å². The van der Waals surface area contributed by atoms with Gasteiger partial charge in [-0.15, -0.1) is 0 Å². The Morgan fingerprint density at radius 1 is 1.11 bits per heavy atom. The molecule has 0 atom stereocenters. The van der Waals surface area contributed by atoms with Crippen molar-refractivity contribution < 1.29 is 9.94 Å². The Kier molecular flexibility index (Phi) is 4.77. The minimum Gasteiger partial charge on any atom is -0.494 e. The summed E-state index contributed by atoms with van der Waals surface area (Å²) in [5.74, 6) is 0.928. The van der Waals surface area contributed by atoms with Crippen molar-refractivity contribution in [2.24, 2.45) is 0 Å². The number of hydrogen-bond donors (Lipinski definition) is 1. The molecule has 0 unspecified atom stereocenters. The van der Waals surface area contributed by atoms with E-state index in [0.29, 0.717) is 6.54 Å². The average molecular weight is 259 g/mol. The molecule has 2 aromatic carbocycles. The Labute approximate surface area is 114 Å². The van der Waals surface area contributed by atoms with Gasteiger partial charge in [-0.2, -0.15) is 5.06 Å². The summed E-state index contributed by atoms with van der Waals surface area (Å²) >= 11 is 0. The van der Waals surface area contributed by atoms with E-state index in [-0.39, 0.29) is 0 Å². The zero-order chi connectivity index (χ0) is 13.7. The molecule has 0 saturated heterocycles. The van der Waals surface area contributed by atoms with Crippen molar-refractivity contribution in [1.82, 2.24) is 5.06 Å². The van der Waals surface area contributed by atoms with Gasteiger partial charge in [0.15, 0.2) is 0 Å². The second-order valence-corrected chi connectivity index (χ2v) is 4.82. The second-order valence-electron chi connectivity index (χ2n) is 4.82. The molecular weight excluding hydrogens is 238 g/mol. The summed E-state index contributed by atoms with van der Waals surface area (Å²) in [5, 5.41) is 12.8. The Morgan fingerprint density at radius 3 is 2.58 bits per heavy atom. The first-order valence-electron chi connectivity index (χ1n) is 6.74. The van der Waals surface area contributed by atoms with Gasteiger partial charge in [-0.3, -0.25) is 0 Å². The fourth-order valence-corrected chi connectivity index (χ4v) is 2.03.